The number of carbonyl (C=O) groups excluding carboxylic acids is 2. The molecule has 1 aromatic carbocycles. The largest absolute Gasteiger partial charge is 0.326 e. The van der Waals surface area contributed by atoms with Crippen LogP contribution in [0.2, 0.25) is 0 Å². The first-order valence-corrected chi connectivity index (χ1v) is 11.5. The van der Waals surface area contributed by atoms with E-state index >= 15 is 0 Å². The fraction of sp³-hybridized carbons (Fsp3) is 0.391. The summed E-state index contributed by atoms with van der Waals surface area (Å²) in [4.78, 5) is 45.5. The first kappa shape index (κ1) is 19.9. The molecule has 0 unspecified atom stereocenters. The zero-order chi connectivity index (χ0) is 21.5. The van der Waals surface area contributed by atoms with Gasteiger partial charge in [-0.15, -0.1) is 11.3 Å². The molecule has 2 aliphatic rings. The van der Waals surface area contributed by atoms with Gasteiger partial charge in [-0.05, 0) is 61.4 Å². The molecule has 7 nitrogen and oxygen atoms in total. The molecule has 0 spiro atoms. The quantitative estimate of drug-likeness (QED) is 0.680. The summed E-state index contributed by atoms with van der Waals surface area (Å²) < 4.78 is 1.55. The first-order chi connectivity index (χ1) is 15.0. The van der Waals surface area contributed by atoms with Crippen molar-refractivity contribution in [1.82, 2.24) is 9.55 Å². The highest BCUT2D eigenvalue weighted by Gasteiger charge is 2.23. The summed E-state index contributed by atoms with van der Waals surface area (Å²) in [7, 11) is 0. The lowest BCUT2D eigenvalue weighted by molar-refractivity contribution is -0.117. The Labute approximate surface area is 183 Å². The highest BCUT2D eigenvalue weighted by molar-refractivity contribution is 7.18. The maximum atomic E-state index is 13.0. The highest BCUT2D eigenvalue weighted by atomic mass is 32.1. The number of aromatic nitrogens is 2. The number of rotatable bonds is 4. The summed E-state index contributed by atoms with van der Waals surface area (Å²) in [6.07, 6.45) is 6.79. The Bertz CT molecular complexity index is 1260. The second kappa shape index (κ2) is 7.92. The molecular formula is C23H24N4O3S. The van der Waals surface area contributed by atoms with E-state index in [4.69, 9.17) is 0 Å². The fourth-order valence-electron chi connectivity index (χ4n) is 4.59. The number of carbonyl (C=O) groups is 2. The van der Waals surface area contributed by atoms with Crippen molar-refractivity contribution in [2.24, 2.45) is 0 Å². The smallest absolute Gasteiger partial charge is 0.262 e. The Kier molecular flexibility index (Phi) is 5.09. The van der Waals surface area contributed by atoms with Crippen LogP contribution in [-0.4, -0.2) is 27.9 Å². The van der Waals surface area contributed by atoms with E-state index in [1.165, 1.54) is 16.9 Å². The Hall–Kier alpha value is -3.00. The summed E-state index contributed by atoms with van der Waals surface area (Å²) in [6.45, 7) is 2.53. The van der Waals surface area contributed by atoms with Crippen molar-refractivity contribution in [2.45, 2.75) is 52.0 Å². The molecule has 0 saturated heterocycles. The number of hydrogen-bond donors (Lipinski definition) is 1. The van der Waals surface area contributed by atoms with Gasteiger partial charge in [-0.25, -0.2) is 4.98 Å². The monoisotopic (exact) mass is 436 g/mol. The van der Waals surface area contributed by atoms with E-state index in [0.29, 0.717) is 18.8 Å². The van der Waals surface area contributed by atoms with Crippen molar-refractivity contribution >= 4 is 44.7 Å². The molecule has 160 valence electrons. The predicted molar refractivity (Wildman–Crippen MR) is 122 cm³/mol. The van der Waals surface area contributed by atoms with Crippen LogP contribution >= 0.6 is 11.3 Å². The van der Waals surface area contributed by atoms with E-state index < -0.39 is 0 Å². The Morgan fingerprint density at radius 1 is 1.19 bits per heavy atom. The van der Waals surface area contributed by atoms with Gasteiger partial charge in [-0.2, -0.15) is 0 Å². The number of nitrogens with zero attached hydrogens (tertiary/aromatic N) is 3. The molecule has 8 heteroatoms. The van der Waals surface area contributed by atoms with Crippen LogP contribution < -0.4 is 15.8 Å². The number of nitrogens with one attached hydrogen (secondary N) is 1. The lowest BCUT2D eigenvalue weighted by Crippen LogP contribution is -2.25. The molecule has 1 aliphatic carbocycles. The van der Waals surface area contributed by atoms with Gasteiger partial charge in [0.05, 0.1) is 11.7 Å². The van der Waals surface area contributed by atoms with E-state index in [0.717, 1.165) is 47.2 Å². The third-order valence-electron chi connectivity index (χ3n) is 6.16. The third-order valence-corrected chi connectivity index (χ3v) is 7.36. The minimum Gasteiger partial charge on any atom is -0.326 e. The van der Waals surface area contributed by atoms with Crippen molar-refractivity contribution in [3.05, 3.63) is 50.9 Å². The second-order valence-electron chi connectivity index (χ2n) is 8.20. The predicted octanol–water partition coefficient (Wildman–Crippen LogP) is 3.27. The molecule has 3 aromatic rings. The van der Waals surface area contributed by atoms with Crippen LogP contribution in [0, 0.1) is 0 Å². The van der Waals surface area contributed by atoms with Gasteiger partial charge in [0, 0.05) is 42.7 Å². The van der Waals surface area contributed by atoms with Gasteiger partial charge in [0.1, 0.15) is 4.83 Å². The van der Waals surface area contributed by atoms with Gasteiger partial charge in [0.25, 0.3) is 5.56 Å². The summed E-state index contributed by atoms with van der Waals surface area (Å²) >= 11 is 1.63. The normalized spacial score (nSPS) is 15.1. The molecule has 2 amide bonds. The lowest BCUT2D eigenvalue weighted by atomic mass is 9.97. The average molecular weight is 437 g/mol. The van der Waals surface area contributed by atoms with E-state index in [1.807, 2.05) is 18.2 Å². The van der Waals surface area contributed by atoms with Gasteiger partial charge in [-0.1, -0.05) is 0 Å². The second-order valence-corrected chi connectivity index (χ2v) is 9.28. The van der Waals surface area contributed by atoms with Gasteiger partial charge in [-0.3, -0.25) is 19.0 Å². The van der Waals surface area contributed by atoms with E-state index in [2.05, 4.69) is 10.3 Å². The maximum absolute atomic E-state index is 13.0. The first-order valence-electron chi connectivity index (χ1n) is 10.7. The SMILES string of the molecule is CC(=O)N1CCc2cc(NC(=O)CCn3cnc4sc5c(c4c3=O)CCCC5)ccc21. The number of anilines is 2. The number of fused-ring (bicyclic) bond motifs is 4. The van der Waals surface area contributed by atoms with E-state index in [-0.39, 0.29) is 23.8 Å². The molecule has 0 atom stereocenters. The molecule has 31 heavy (non-hydrogen) atoms. The summed E-state index contributed by atoms with van der Waals surface area (Å²) in [5.74, 6) is -0.126. The minimum absolute atomic E-state index is 0.0263. The number of aryl methyl sites for hydroxylation is 3. The number of benzene rings is 1. The molecule has 0 bridgehead atoms. The van der Waals surface area contributed by atoms with Crippen molar-refractivity contribution in [2.75, 3.05) is 16.8 Å². The standard InChI is InChI=1S/C23H24N4O3S/c1-14(28)27-11-8-15-12-16(6-7-18(15)27)25-20(29)9-10-26-13-24-22-21(23(26)30)17-4-2-3-5-19(17)31-22/h6-7,12-13H,2-5,8-11H2,1H3,(H,25,29). The van der Waals surface area contributed by atoms with Crippen molar-refractivity contribution in [3.8, 4) is 0 Å². The Morgan fingerprint density at radius 3 is 2.87 bits per heavy atom. The molecule has 2 aromatic heterocycles. The molecule has 1 aliphatic heterocycles. The molecule has 1 N–H and O–H groups in total. The van der Waals surface area contributed by atoms with Crippen LogP contribution in [0.25, 0.3) is 10.2 Å². The van der Waals surface area contributed by atoms with Gasteiger partial charge in [0.2, 0.25) is 11.8 Å². The molecule has 5 rings (SSSR count). The maximum Gasteiger partial charge on any atom is 0.262 e. The minimum atomic E-state index is -0.152. The zero-order valence-corrected chi connectivity index (χ0v) is 18.3. The van der Waals surface area contributed by atoms with Crippen LogP contribution in [0.1, 0.15) is 42.2 Å². The summed E-state index contributed by atoms with van der Waals surface area (Å²) in [5.41, 5.74) is 3.80. The lowest BCUT2D eigenvalue weighted by Gasteiger charge is -2.15. The highest BCUT2D eigenvalue weighted by Crippen LogP contribution is 2.33. The molecule has 3 heterocycles. The van der Waals surface area contributed by atoms with E-state index in [1.54, 1.807) is 34.1 Å². The summed E-state index contributed by atoms with van der Waals surface area (Å²) in [5, 5.41) is 3.66. The van der Waals surface area contributed by atoms with Crippen molar-refractivity contribution in [1.29, 1.82) is 0 Å². The Morgan fingerprint density at radius 2 is 2.03 bits per heavy atom. The van der Waals surface area contributed by atoms with Crippen LogP contribution in [0.4, 0.5) is 11.4 Å². The number of hydrogen-bond acceptors (Lipinski definition) is 5. The Balaban J connectivity index is 1.28. The topological polar surface area (TPSA) is 84.3 Å². The molecule has 0 radical (unpaired) electrons. The zero-order valence-electron chi connectivity index (χ0n) is 17.4. The molecule has 0 fully saturated rings. The third kappa shape index (κ3) is 3.65. The van der Waals surface area contributed by atoms with Crippen LogP contribution in [0.5, 0.6) is 0 Å². The van der Waals surface area contributed by atoms with Gasteiger partial charge in [0.15, 0.2) is 0 Å². The summed E-state index contributed by atoms with van der Waals surface area (Å²) in [6, 6.07) is 5.62. The van der Waals surface area contributed by atoms with Crippen LogP contribution in [0.3, 0.4) is 0 Å². The van der Waals surface area contributed by atoms with Gasteiger partial charge < -0.3 is 10.2 Å². The van der Waals surface area contributed by atoms with Gasteiger partial charge >= 0.3 is 0 Å². The average Bonchev–Trinajstić information content (AvgIpc) is 3.34. The van der Waals surface area contributed by atoms with Crippen molar-refractivity contribution in [3.63, 3.8) is 0 Å². The van der Waals surface area contributed by atoms with Crippen LogP contribution in [-0.2, 0) is 35.4 Å². The molecular weight excluding hydrogens is 412 g/mol. The van der Waals surface area contributed by atoms with E-state index in [9.17, 15) is 14.4 Å². The molecule has 0 saturated carbocycles. The fourth-order valence-corrected chi connectivity index (χ4v) is 5.81. The van der Waals surface area contributed by atoms with Crippen LogP contribution in [0.15, 0.2) is 29.3 Å². The number of amides is 2. The number of thiophene rings is 1. The van der Waals surface area contributed by atoms with Crippen molar-refractivity contribution < 1.29 is 9.59 Å².